The molecule has 0 amide bonds. The molecule has 1 aliphatic carbocycles. The van der Waals surface area contributed by atoms with Gasteiger partial charge in [-0.25, -0.2) is 9.97 Å². The molecule has 2 atom stereocenters. The van der Waals surface area contributed by atoms with Crippen LogP contribution >= 0.6 is 0 Å². The molecule has 1 aliphatic rings. The zero-order chi connectivity index (χ0) is 13.7. The third-order valence-electron chi connectivity index (χ3n) is 4.01. The third kappa shape index (κ3) is 3.37. The molecule has 1 aromatic rings. The van der Waals surface area contributed by atoms with Crippen molar-refractivity contribution in [2.24, 2.45) is 5.92 Å². The van der Waals surface area contributed by atoms with Gasteiger partial charge in [-0.1, -0.05) is 13.3 Å². The van der Waals surface area contributed by atoms with Crippen LogP contribution in [0.5, 0.6) is 5.88 Å². The van der Waals surface area contributed by atoms with Crippen LogP contribution in [0.15, 0.2) is 6.33 Å². The van der Waals surface area contributed by atoms with Crippen LogP contribution in [0.4, 0.5) is 5.82 Å². The number of hydrogen-bond acceptors (Lipinski definition) is 4. The summed E-state index contributed by atoms with van der Waals surface area (Å²) in [5.74, 6) is 2.30. The fraction of sp³-hybridized carbons (Fsp3) is 0.733. The lowest BCUT2D eigenvalue weighted by molar-refractivity contribution is 0.0850. The zero-order valence-corrected chi connectivity index (χ0v) is 12.3. The van der Waals surface area contributed by atoms with Crippen molar-refractivity contribution in [2.45, 2.75) is 59.0 Å². The summed E-state index contributed by atoms with van der Waals surface area (Å²) in [4.78, 5) is 8.57. The van der Waals surface area contributed by atoms with Crippen molar-refractivity contribution in [3.8, 4) is 5.88 Å². The van der Waals surface area contributed by atoms with Gasteiger partial charge >= 0.3 is 0 Å². The molecule has 0 bridgehead atoms. The van der Waals surface area contributed by atoms with Gasteiger partial charge in [0.05, 0.1) is 5.56 Å². The standard InChI is InChI=1S/C15H25N3O/c1-4-12-8-6-7-9-13(12)19-15-11(3)14(16-5-2)17-10-18-15/h10,12-13H,4-9H2,1-3H3,(H,16,17,18). The Morgan fingerprint density at radius 3 is 2.79 bits per heavy atom. The van der Waals surface area contributed by atoms with Crippen molar-refractivity contribution in [3.05, 3.63) is 11.9 Å². The summed E-state index contributed by atoms with van der Waals surface area (Å²) in [6.07, 6.45) is 8.14. The predicted octanol–water partition coefficient (Wildman–Crippen LogP) is 3.56. The van der Waals surface area contributed by atoms with Crippen molar-refractivity contribution in [2.75, 3.05) is 11.9 Å². The lowest BCUT2D eigenvalue weighted by Gasteiger charge is -2.31. The van der Waals surface area contributed by atoms with E-state index < -0.39 is 0 Å². The number of nitrogens with zero attached hydrogens (tertiary/aromatic N) is 2. The number of hydrogen-bond donors (Lipinski definition) is 1. The topological polar surface area (TPSA) is 47.0 Å². The maximum absolute atomic E-state index is 6.19. The van der Waals surface area contributed by atoms with Crippen LogP contribution in [-0.4, -0.2) is 22.6 Å². The summed E-state index contributed by atoms with van der Waals surface area (Å²) in [6.45, 7) is 7.20. The smallest absolute Gasteiger partial charge is 0.221 e. The molecule has 0 radical (unpaired) electrons. The van der Waals surface area contributed by atoms with Gasteiger partial charge in [0.15, 0.2) is 0 Å². The molecule has 0 saturated heterocycles. The van der Waals surface area contributed by atoms with Crippen LogP contribution < -0.4 is 10.1 Å². The Morgan fingerprint density at radius 1 is 1.26 bits per heavy atom. The van der Waals surface area contributed by atoms with E-state index in [0.29, 0.717) is 12.0 Å². The average Bonchev–Trinajstić information content (AvgIpc) is 2.44. The maximum Gasteiger partial charge on any atom is 0.221 e. The highest BCUT2D eigenvalue weighted by Crippen LogP contribution is 2.31. The van der Waals surface area contributed by atoms with Crippen LogP contribution in [0, 0.1) is 12.8 Å². The summed E-state index contributed by atoms with van der Waals surface area (Å²) < 4.78 is 6.19. The fourth-order valence-electron chi connectivity index (χ4n) is 2.84. The molecule has 106 valence electrons. The Bertz CT molecular complexity index is 408. The highest BCUT2D eigenvalue weighted by atomic mass is 16.5. The minimum atomic E-state index is 0.321. The van der Waals surface area contributed by atoms with Crippen molar-refractivity contribution in [1.29, 1.82) is 0 Å². The molecule has 2 unspecified atom stereocenters. The number of rotatable bonds is 5. The highest BCUT2D eigenvalue weighted by molar-refractivity contribution is 5.47. The van der Waals surface area contributed by atoms with E-state index in [4.69, 9.17) is 4.74 Å². The first-order valence-electron chi connectivity index (χ1n) is 7.48. The minimum Gasteiger partial charge on any atom is -0.474 e. The lowest BCUT2D eigenvalue weighted by atomic mass is 9.85. The van der Waals surface area contributed by atoms with Gasteiger partial charge in [-0.3, -0.25) is 0 Å². The zero-order valence-electron chi connectivity index (χ0n) is 12.3. The molecule has 19 heavy (non-hydrogen) atoms. The first kappa shape index (κ1) is 14.1. The van der Waals surface area contributed by atoms with E-state index in [2.05, 4.69) is 29.1 Å². The van der Waals surface area contributed by atoms with Gasteiger partial charge in [0.1, 0.15) is 18.2 Å². The Kier molecular flexibility index (Phi) is 5.00. The van der Waals surface area contributed by atoms with Crippen molar-refractivity contribution < 1.29 is 4.74 Å². The number of anilines is 1. The largest absolute Gasteiger partial charge is 0.474 e. The van der Waals surface area contributed by atoms with Gasteiger partial charge in [0.25, 0.3) is 0 Å². The van der Waals surface area contributed by atoms with Gasteiger partial charge in [0.2, 0.25) is 5.88 Å². The molecule has 1 fully saturated rings. The van der Waals surface area contributed by atoms with Crippen LogP contribution in [0.25, 0.3) is 0 Å². The summed E-state index contributed by atoms with van der Waals surface area (Å²) >= 11 is 0. The maximum atomic E-state index is 6.19. The Labute approximate surface area is 116 Å². The molecule has 0 spiro atoms. The van der Waals surface area contributed by atoms with Crippen LogP contribution in [0.3, 0.4) is 0 Å². The highest BCUT2D eigenvalue weighted by Gasteiger charge is 2.26. The second-order valence-corrected chi connectivity index (χ2v) is 5.29. The first-order chi connectivity index (χ1) is 9.26. The van der Waals surface area contributed by atoms with Gasteiger partial charge in [-0.05, 0) is 45.4 Å². The molecule has 1 heterocycles. The second kappa shape index (κ2) is 6.73. The molecular weight excluding hydrogens is 238 g/mol. The number of nitrogens with one attached hydrogen (secondary N) is 1. The third-order valence-corrected chi connectivity index (χ3v) is 4.01. The SMILES string of the molecule is CCNc1ncnc(OC2CCCCC2CC)c1C. The van der Waals surface area contributed by atoms with Gasteiger partial charge in [-0.2, -0.15) is 0 Å². The number of aromatic nitrogens is 2. The van der Waals surface area contributed by atoms with E-state index in [-0.39, 0.29) is 0 Å². The van der Waals surface area contributed by atoms with E-state index in [0.717, 1.165) is 30.2 Å². The Balaban J connectivity index is 2.11. The van der Waals surface area contributed by atoms with Crippen molar-refractivity contribution in [3.63, 3.8) is 0 Å². The van der Waals surface area contributed by atoms with Crippen LogP contribution in [0.2, 0.25) is 0 Å². The summed E-state index contributed by atoms with van der Waals surface area (Å²) in [6, 6.07) is 0. The molecule has 1 aromatic heterocycles. The lowest BCUT2D eigenvalue weighted by Crippen LogP contribution is -2.30. The molecule has 2 rings (SSSR count). The first-order valence-corrected chi connectivity index (χ1v) is 7.48. The monoisotopic (exact) mass is 263 g/mol. The molecule has 1 saturated carbocycles. The summed E-state index contributed by atoms with van der Waals surface area (Å²) in [5, 5.41) is 3.25. The predicted molar refractivity (Wildman–Crippen MR) is 77.6 cm³/mol. The molecule has 0 aliphatic heterocycles. The van der Waals surface area contributed by atoms with E-state index >= 15 is 0 Å². The average molecular weight is 263 g/mol. The quantitative estimate of drug-likeness (QED) is 0.882. The van der Waals surface area contributed by atoms with E-state index in [1.54, 1.807) is 6.33 Å². The Hall–Kier alpha value is -1.32. The molecular formula is C15H25N3O. The van der Waals surface area contributed by atoms with E-state index in [1.807, 2.05) is 6.92 Å². The van der Waals surface area contributed by atoms with Gasteiger partial charge in [-0.15, -0.1) is 0 Å². The minimum absolute atomic E-state index is 0.321. The molecule has 1 N–H and O–H groups in total. The van der Waals surface area contributed by atoms with E-state index in [1.165, 1.54) is 25.7 Å². The van der Waals surface area contributed by atoms with Gasteiger partial charge in [0, 0.05) is 6.54 Å². The summed E-state index contributed by atoms with van der Waals surface area (Å²) in [5.41, 5.74) is 1.02. The van der Waals surface area contributed by atoms with Crippen LogP contribution in [0.1, 0.15) is 51.5 Å². The summed E-state index contributed by atoms with van der Waals surface area (Å²) in [7, 11) is 0. The van der Waals surface area contributed by atoms with Crippen molar-refractivity contribution in [1.82, 2.24) is 9.97 Å². The fourth-order valence-corrected chi connectivity index (χ4v) is 2.84. The van der Waals surface area contributed by atoms with Crippen molar-refractivity contribution >= 4 is 5.82 Å². The molecule has 0 aromatic carbocycles. The second-order valence-electron chi connectivity index (χ2n) is 5.29. The molecule has 4 heteroatoms. The molecule has 4 nitrogen and oxygen atoms in total. The normalized spacial score (nSPS) is 23.1. The Morgan fingerprint density at radius 2 is 2.05 bits per heavy atom. The van der Waals surface area contributed by atoms with E-state index in [9.17, 15) is 0 Å². The van der Waals surface area contributed by atoms with Gasteiger partial charge < -0.3 is 10.1 Å². The van der Waals surface area contributed by atoms with Crippen LogP contribution in [-0.2, 0) is 0 Å². The number of ether oxygens (including phenoxy) is 1.